The maximum atomic E-state index is 6.51. The molecule has 0 aliphatic carbocycles. The molecule has 0 radical (unpaired) electrons. The molecule has 106 valence electrons. The molecule has 2 aliphatic rings. The molecule has 3 nitrogen and oxygen atoms in total. The molecule has 1 aromatic heterocycles. The van der Waals surface area contributed by atoms with Crippen molar-refractivity contribution in [1.29, 1.82) is 0 Å². The monoisotopic (exact) mass is 299 g/mol. The Kier molecular flexibility index (Phi) is 4.08. The number of hydrogen-bond donors (Lipinski definition) is 1. The Bertz CT molecular complexity index is 429. The SMILES string of the molecule is COc1ccsc1C(N)C1CCOC2(CCSC2)C1. The number of ether oxygens (including phenoxy) is 2. The van der Waals surface area contributed by atoms with E-state index in [1.807, 2.05) is 17.8 Å². The predicted octanol–water partition coefficient (Wildman–Crippen LogP) is 3.06. The summed E-state index contributed by atoms with van der Waals surface area (Å²) in [6.45, 7) is 0.854. The lowest BCUT2D eigenvalue weighted by Gasteiger charge is -2.39. The van der Waals surface area contributed by atoms with Gasteiger partial charge in [-0.3, -0.25) is 0 Å². The molecule has 2 fully saturated rings. The van der Waals surface area contributed by atoms with E-state index < -0.39 is 0 Å². The van der Waals surface area contributed by atoms with E-state index in [1.165, 1.54) is 17.1 Å². The van der Waals surface area contributed by atoms with Gasteiger partial charge in [-0.05, 0) is 42.4 Å². The first-order valence-corrected chi connectivity index (χ1v) is 8.86. The molecule has 3 heterocycles. The van der Waals surface area contributed by atoms with Crippen LogP contribution in [0.4, 0.5) is 0 Å². The lowest BCUT2D eigenvalue weighted by Crippen LogP contribution is -2.42. The minimum Gasteiger partial charge on any atom is -0.496 e. The van der Waals surface area contributed by atoms with E-state index in [4.69, 9.17) is 15.2 Å². The maximum absolute atomic E-state index is 6.51. The molecule has 0 bridgehead atoms. The van der Waals surface area contributed by atoms with Crippen molar-refractivity contribution in [2.24, 2.45) is 11.7 Å². The molecule has 5 heteroatoms. The average molecular weight is 299 g/mol. The van der Waals surface area contributed by atoms with Gasteiger partial charge < -0.3 is 15.2 Å². The largest absolute Gasteiger partial charge is 0.496 e. The predicted molar refractivity (Wildman–Crippen MR) is 81.1 cm³/mol. The summed E-state index contributed by atoms with van der Waals surface area (Å²) in [6, 6.07) is 2.10. The van der Waals surface area contributed by atoms with Crippen LogP contribution in [0.1, 0.15) is 30.2 Å². The van der Waals surface area contributed by atoms with Crippen LogP contribution in [-0.2, 0) is 4.74 Å². The zero-order valence-corrected chi connectivity index (χ0v) is 12.9. The first kappa shape index (κ1) is 13.7. The van der Waals surface area contributed by atoms with Crippen molar-refractivity contribution < 1.29 is 9.47 Å². The molecule has 0 saturated carbocycles. The van der Waals surface area contributed by atoms with Gasteiger partial charge in [0.15, 0.2) is 0 Å². The molecule has 1 spiro atoms. The summed E-state index contributed by atoms with van der Waals surface area (Å²) in [7, 11) is 1.72. The quantitative estimate of drug-likeness (QED) is 0.931. The Labute approximate surface area is 122 Å². The van der Waals surface area contributed by atoms with Crippen molar-refractivity contribution >= 4 is 23.1 Å². The van der Waals surface area contributed by atoms with Gasteiger partial charge >= 0.3 is 0 Å². The first-order chi connectivity index (χ1) is 9.24. The highest BCUT2D eigenvalue weighted by molar-refractivity contribution is 7.99. The molecule has 2 aliphatic heterocycles. The minimum atomic E-state index is 0.0846. The Morgan fingerprint density at radius 2 is 2.47 bits per heavy atom. The van der Waals surface area contributed by atoms with E-state index in [2.05, 4.69) is 5.38 Å². The number of thiophene rings is 1. The van der Waals surface area contributed by atoms with Crippen LogP contribution in [0, 0.1) is 5.92 Å². The second-order valence-electron chi connectivity index (χ2n) is 5.47. The summed E-state index contributed by atoms with van der Waals surface area (Å²) in [6.07, 6.45) is 3.35. The summed E-state index contributed by atoms with van der Waals surface area (Å²) in [5.41, 5.74) is 6.62. The summed E-state index contributed by atoms with van der Waals surface area (Å²) < 4.78 is 11.5. The second-order valence-corrected chi connectivity index (χ2v) is 7.52. The third kappa shape index (κ3) is 2.66. The smallest absolute Gasteiger partial charge is 0.134 e. The topological polar surface area (TPSA) is 44.5 Å². The van der Waals surface area contributed by atoms with Crippen LogP contribution in [0.15, 0.2) is 11.4 Å². The summed E-state index contributed by atoms with van der Waals surface area (Å²) in [5.74, 6) is 3.82. The molecule has 19 heavy (non-hydrogen) atoms. The number of rotatable bonds is 3. The lowest BCUT2D eigenvalue weighted by molar-refractivity contribution is -0.0833. The molecule has 3 atom stereocenters. The fraction of sp³-hybridized carbons (Fsp3) is 0.714. The zero-order chi connectivity index (χ0) is 13.3. The molecule has 1 aromatic rings. The van der Waals surface area contributed by atoms with Crippen LogP contribution >= 0.6 is 23.1 Å². The Balaban J connectivity index is 1.74. The van der Waals surface area contributed by atoms with Crippen molar-refractivity contribution in [3.63, 3.8) is 0 Å². The van der Waals surface area contributed by atoms with Gasteiger partial charge in [-0.2, -0.15) is 11.8 Å². The summed E-state index contributed by atoms with van der Waals surface area (Å²) >= 11 is 3.72. The van der Waals surface area contributed by atoms with Crippen molar-refractivity contribution in [1.82, 2.24) is 0 Å². The van der Waals surface area contributed by atoms with Crippen LogP contribution in [0.3, 0.4) is 0 Å². The highest BCUT2D eigenvalue weighted by Crippen LogP contribution is 2.45. The van der Waals surface area contributed by atoms with Gasteiger partial charge in [0.2, 0.25) is 0 Å². The van der Waals surface area contributed by atoms with Crippen molar-refractivity contribution in [2.75, 3.05) is 25.2 Å². The van der Waals surface area contributed by atoms with Gasteiger partial charge in [-0.15, -0.1) is 11.3 Å². The van der Waals surface area contributed by atoms with Gasteiger partial charge in [0, 0.05) is 18.4 Å². The molecular formula is C14H21NO2S2. The average Bonchev–Trinajstić information content (AvgIpc) is 3.07. The molecule has 2 saturated heterocycles. The second kappa shape index (κ2) is 5.64. The van der Waals surface area contributed by atoms with Crippen LogP contribution in [0.2, 0.25) is 0 Å². The molecule has 0 aromatic carbocycles. The van der Waals surface area contributed by atoms with Crippen LogP contribution in [-0.4, -0.2) is 30.8 Å². The Hall–Kier alpha value is -0.230. The fourth-order valence-corrected chi connectivity index (χ4v) is 5.50. The maximum Gasteiger partial charge on any atom is 0.134 e. The highest BCUT2D eigenvalue weighted by Gasteiger charge is 2.42. The van der Waals surface area contributed by atoms with Gasteiger partial charge in [-0.25, -0.2) is 0 Å². The summed E-state index contributed by atoms with van der Waals surface area (Å²) in [4.78, 5) is 1.19. The number of nitrogens with two attached hydrogens (primary N) is 1. The third-order valence-corrected chi connectivity index (χ3v) is 6.51. The lowest BCUT2D eigenvalue weighted by atomic mass is 9.81. The number of hydrogen-bond acceptors (Lipinski definition) is 5. The van der Waals surface area contributed by atoms with E-state index in [0.717, 1.165) is 31.0 Å². The first-order valence-electron chi connectivity index (χ1n) is 6.83. The van der Waals surface area contributed by atoms with E-state index in [1.54, 1.807) is 18.4 Å². The summed E-state index contributed by atoms with van der Waals surface area (Å²) in [5, 5.41) is 2.06. The fourth-order valence-electron chi connectivity index (χ4n) is 3.17. The standard InChI is InChI=1S/C14H21NO2S2/c1-16-11-3-6-19-13(11)12(15)10-2-5-17-14(8-10)4-7-18-9-14/h3,6,10,12H,2,4-5,7-9,15H2,1H3. The number of thioether (sulfide) groups is 1. The molecule has 0 amide bonds. The Morgan fingerprint density at radius 3 is 3.21 bits per heavy atom. The van der Waals surface area contributed by atoms with Crippen molar-refractivity contribution in [3.05, 3.63) is 16.3 Å². The molecule has 3 rings (SSSR count). The minimum absolute atomic E-state index is 0.0846. The van der Waals surface area contributed by atoms with Crippen LogP contribution < -0.4 is 10.5 Å². The molecule has 3 unspecified atom stereocenters. The molecular weight excluding hydrogens is 278 g/mol. The van der Waals surface area contributed by atoms with Gasteiger partial charge in [0.05, 0.1) is 17.6 Å². The van der Waals surface area contributed by atoms with Gasteiger partial charge in [-0.1, -0.05) is 0 Å². The van der Waals surface area contributed by atoms with E-state index >= 15 is 0 Å². The normalized spacial score (nSPS) is 32.6. The zero-order valence-electron chi connectivity index (χ0n) is 11.3. The van der Waals surface area contributed by atoms with E-state index in [9.17, 15) is 0 Å². The van der Waals surface area contributed by atoms with Gasteiger partial charge in [0.25, 0.3) is 0 Å². The highest BCUT2D eigenvalue weighted by atomic mass is 32.2. The molecule has 2 N–H and O–H groups in total. The Morgan fingerprint density at radius 1 is 1.58 bits per heavy atom. The van der Waals surface area contributed by atoms with Crippen molar-refractivity contribution in [3.8, 4) is 5.75 Å². The van der Waals surface area contributed by atoms with E-state index in [0.29, 0.717) is 5.92 Å². The van der Waals surface area contributed by atoms with E-state index in [-0.39, 0.29) is 11.6 Å². The van der Waals surface area contributed by atoms with Gasteiger partial charge in [0.1, 0.15) is 5.75 Å². The number of methoxy groups -OCH3 is 1. The van der Waals surface area contributed by atoms with Crippen LogP contribution in [0.5, 0.6) is 5.75 Å². The van der Waals surface area contributed by atoms with Crippen LogP contribution in [0.25, 0.3) is 0 Å². The van der Waals surface area contributed by atoms with Crippen molar-refractivity contribution in [2.45, 2.75) is 30.9 Å². The third-order valence-electron chi connectivity index (χ3n) is 4.29.